The third-order valence-electron chi connectivity index (χ3n) is 5.25. The van der Waals surface area contributed by atoms with Crippen LogP contribution in [0.25, 0.3) is 11.4 Å². The van der Waals surface area contributed by atoms with Gasteiger partial charge in [-0.1, -0.05) is 35.4 Å². The van der Waals surface area contributed by atoms with Gasteiger partial charge in [-0.25, -0.2) is 9.97 Å². The molecule has 2 heterocycles. The Balaban J connectivity index is 1.37. The fraction of sp³-hybridized carbons (Fsp3) is 0.292. The highest BCUT2D eigenvalue weighted by Gasteiger charge is 2.23. The highest BCUT2D eigenvalue weighted by Crippen LogP contribution is 2.22. The van der Waals surface area contributed by atoms with Crippen LogP contribution in [0.2, 0.25) is 5.02 Å². The van der Waals surface area contributed by atoms with E-state index in [1.807, 2.05) is 30.0 Å². The van der Waals surface area contributed by atoms with E-state index in [9.17, 15) is 4.79 Å². The molecule has 0 bridgehead atoms. The lowest BCUT2D eigenvalue weighted by molar-refractivity contribution is -0.133. The maximum atomic E-state index is 12.5. The van der Waals surface area contributed by atoms with Gasteiger partial charge in [0, 0.05) is 48.5 Å². The lowest BCUT2D eigenvalue weighted by atomic mass is 10.1. The molecule has 4 rings (SSSR count). The number of halogens is 1. The maximum absolute atomic E-state index is 12.5. The summed E-state index contributed by atoms with van der Waals surface area (Å²) in [4.78, 5) is 26.0. The van der Waals surface area contributed by atoms with Gasteiger partial charge in [-0.3, -0.25) is 4.79 Å². The Morgan fingerprint density at radius 2 is 1.74 bits per heavy atom. The Labute approximate surface area is 187 Å². The average Bonchev–Trinajstić information content (AvgIpc) is 2.78. The maximum Gasteiger partial charge on any atom is 0.260 e. The van der Waals surface area contributed by atoms with Crippen LogP contribution in [0.1, 0.15) is 11.3 Å². The van der Waals surface area contributed by atoms with Gasteiger partial charge in [0.1, 0.15) is 11.6 Å². The van der Waals surface area contributed by atoms with Crippen LogP contribution in [-0.2, 0) is 4.79 Å². The van der Waals surface area contributed by atoms with E-state index in [1.165, 1.54) is 5.56 Å². The largest absolute Gasteiger partial charge is 0.484 e. The summed E-state index contributed by atoms with van der Waals surface area (Å²) in [7, 11) is 0. The predicted octanol–water partition coefficient (Wildman–Crippen LogP) is 4.14. The fourth-order valence-corrected chi connectivity index (χ4v) is 3.71. The second-order valence-electron chi connectivity index (χ2n) is 7.67. The first-order chi connectivity index (χ1) is 15.0. The van der Waals surface area contributed by atoms with Crippen molar-refractivity contribution in [3.05, 3.63) is 70.9 Å². The third kappa shape index (κ3) is 5.33. The summed E-state index contributed by atoms with van der Waals surface area (Å²) in [6.07, 6.45) is 0. The lowest BCUT2D eigenvalue weighted by Crippen LogP contribution is -2.50. The molecule has 2 aromatic carbocycles. The Kier molecular flexibility index (Phi) is 6.37. The molecule has 1 fully saturated rings. The molecular formula is C24H25ClN4O2. The van der Waals surface area contributed by atoms with Crippen molar-refractivity contribution in [1.82, 2.24) is 14.9 Å². The molecule has 160 valence electrons. The number of carbonyl (C=O) groups excluding carboxylic acids is 1. The third-order valence-corrected chi connectivity index (χ3v) is 5.50. The van der Waals surface area contributed by atoms with Crippen LogP contribution in [0.3, 0.4) is 0 Å². The van der Waals surface area contributed by atoms with Crippen LogP contribution in [0.15, 0.2) is 54.6 Å². The average molecular weight is 437 g/mol. The molecule has 0 atom stereocenters. The lowest BCUT2D eigenvalue weighted by Gasteiger charge is -2.35. The molecular weight excluding hydrogens is 412 g/mol. The van der Waals surface area contributed by atoms with Gasteiger partial charge in [0.15, 0.2) is 12.4 Å². The van der Waals surface area contributed by atoms with Gasteiger partial charge in [0.2, 0.25) is 0 Å². The molecule has 1 amide bonds. The monoisotopic (exact) mass is 436 g/mol. The summed E-state index contributed by atoms with van der Waals surface area (Å²) >= 11 is 5.88. The number of hydrogen-bond donors (Lipinski definition) is 0. The minimum Gasteiger partial charge on any atom is -0.484 e. The number of aromatic nitrogens is 2. The molecule has 0 unspecified atom stereocenters. The molecule has 0 N–H and O–H groups in total. The smallest absolute Gasteiger partial charge is 0.260 e. The first-order valence-corrected chi connectivity index (χ1v) is 10.7. The quantitative estimate of drug-likeness (QED) is 0.601. The van der Waals surface area contributed by atoms with Crippen molar-refractivity contribution in [3.63, 3.8) is 0 Å². The van der Waals surface area contributed by atoms with Gasteiger partial charge in [-0.2, -0.15) is 0 Å². The number of piperazine rings is 1. The minimum atomic E-state index is -0.0195. The number of amides is 1. The topological polar surface area (TPSA) is 58.6 Å². The van der Waals surface area contributed by atoms with Gasteiger partial charge >= 0.3 is 0 Å². The molecule has 0 saturated carbocycles. The van der Waals surface area contributed by atoms with E-state index in [2.05, 4.69) is 28.9 Å². The van der Waals surface area contributed by atoms with Crippen LogP contribution in [0.4, 0.5) is 5.82 Å². The summed E-state index contributed by atoms with van der Waals surface area (Å²) in [5.74, 6) is 2.24. The molecule has 31 heavy (non-hydrogen) atoms. The van der Waals surface area contributed by atoms with Crippen molar-refractivity contribution in [1.29, 1.82) is 0 Å². The number of aryl methyl sites for hydroxylation is 2. The van der Waals surface area contributed by atoms with E-state index in [4.69, 9.17) is 21.3 Å². The zero-order valence-corrected chi connectivity index (χ0v) is 18.5. The summed E-state index contributed by atoms with van der Waals surface area (Å²) in [6, 6.07) is 17.2. The summed E-state index contributed by atoms with van der Waals surface area (Å²) in [5, 5.41) is 0.639. The predicted molar refractivity (Wildman–Crippen MR) is 123 cm³/mol. The Hall–Kier alpha value is -3.12. The SMILES string of the molecule is Cc1cccc(-c2nc(C)cc(N3CCN(C(=O)COc4ccc(Cl)cc4)CC3)n2)c1. The Morgan fingerprint density at radius 3 is 2.45 bits per heavy atom. The fourth-order valence-electron chi connectivity index (χ4n) is 3.58. The normalized spacial score (nSPS) is 13.9. The second kappa shape index (κ2) is 9.35. The number of hydrogen-bond acceptors (Lipinski definition) is 5. The van der Waals surface area contributed by atoms with Crippen molar-refractivity contribution in [3.8, 4) is 17.1 Å². The zero-order chi connectivity index (χ0) is 21.8. The number of ether oxygens (including phenoxy) is 1. The second-order valence-corrected chi connectivity index (χ2v) is 8.11. The van der Waals surface area contributed by atoms with Crippen LogP contribution >= 0.6 is 11.6 Å². The molecule has 1 aromatic heterocycles. The molecule has 1 aliphatic heterocycles. The molecule has 0 radical (unpaired) electrons. The van der Waals surface area contributed by atoms with Crippen LogP contribution < -0.4 is 9.64 Å². The first-order valence-electron chi connectivity index (χ1n) is 10.3. The van der Waals surface area contributed by atoms with Gasteiger partial charge in [0.05, 0.1) is 0 Å². The number of nitrogens with zero attached hydrogens (tertiary/aromatic N) is 4. The van der Waals surface area contributed by atoms with Crippen LogP contribution in [0.5, 0.6) is 5.75 Å². The zero-order valence-electron chi connectivity index (χ0n) is 17.7. The van der Waals surface area contributed by atoms with Crippen molar-refractivity contribution in [2.24, 2.45) is 0 Å². The van der Waals surface area contributed by atoms with Crippen LogP contribution in [-0.4, -0.2) is 53.6 Å². The Morgan fingerprint density at radius 1 is 1.00 bits per heavy atom. The van der Waals surface area contributed by atoms with E-state index >= 15 is 0 Å². The summed E-state index contributed by atoms with van der Waals surface area (Å²) in [6.45, 7) is 6.77. The van der Waals surface area contributed by atoms with E-state index in [0.717, 1.165) is 36.0 Å². The molecule has 3 aromatic rings. The number of benzene rings is 2. The van der Waals surface area contributed by atoms with E-state index in [0.29, 0.717) is 23.9 Å². The van der Waals surface area contributed by atoms with Gasteiger partial charge in [-0.15, -0.1) is 0 Å². The van der Waals surface area contributed by atoms with Crippen LogP contribution in [0, 0.1) is 13.8 Å². The van der Waals surface area contributed by atoms with Gasteiger partial charge < -0.3 is 14.5 Å². The highest BCUT2D eigenvalue weighted by molar-refractivity contribution is 6.30. The van der Waals surface area contributed by atoms with E-state index < -0.39 is 0 Å². The van der Waals surface area contributed by atoms with Crippen molar-refractivity contribution in [2.45, 2.75) is 13.8 Å². The number of carbonyl (C=O) groups is 1. The van der Waals surface area contributed by atoms with Crippen molar-refractivity contribution in [2.75, 3.05) is 37.7 Å². The molecule has 7 heteroatoms. The minimum absolute atomic E-state index is 0.0195. The first kappa shape index (κ1) is 21.1. The highest BCUT2D eigenvalue weighted by atomic mass is 35.5. The molecule has 1 aliphatic rings. The summed E-state index contributed by atoms with van der Waals surface area (Å²) in [5.41, 5.74) is 3.12. The molecule has 1 saturated heterocycles. The van der Waals surface area contributed by atoms with Gasteiger partial charge in [0.25, 0.3) is 5.91 Å². The van der Waals surface area contributed by atoms with E-state index in [-0.39, 0.29) is 12.5 Å². The number of rotatable bonds is 5. The standard InChI is InChI=1S/C24H25ClN4O2/c1-17-4-3-5-19(14-17)24-26-18(2)15-22(27-24)28-10-12-29(13-11-28)23(30)16-31-21-8-6-20(25)7-9-21/h3-9,14-15H,10-13,16H2,1-2H3. The molecule has 0 aliphatic carbocycles. The molecule has 6 nitrogen and oxygen atoms in total. The molecule has 0 spiro atoms. The Bertz CT molecular complexity index is 1060. The van der Waals surface area contributed by atoms with Crippen molar-refractivity contribution < 1.29 is 9.53 Å². The summed E-state index contributed by atoms with van der Waals surface area (Å²) < 4.78 is 5.59. The van der Waals surface area contributed by atoms with Crippen molar-refractivity contribution >= 4 is 23.3 Å². The van der Waals surface area contributed by atoms with E-state index in [1.54, 1.807) is 24.3 Å². The number of anilines is 1. The van der Waals surface area contributed by atoms with Gasteiger partial charge in [-0.05, 0) is 44.2 Å².